The first-order valence-corrected chi connectivity index (χ1v) is 12.0. The molecule has 1 aliphatic carbocycles. The number of aromatic nitrogens is 1. The summed E-state index contributed by atoms with van der Waals surface area (Å²) in [7, 11) is -3.35. The molecule has 1 aromatic carbocycles. The largest absolute Gasteiger partial charge is 0.376 e. The Morgan fingerprint density at radius 2 is 1.79 bits per heavy atom. The number of sulfonamides is 1. The Morgan fingerprint density at radius 1 is 1.10 bits per heavy atom. The number of pyridine rings is 1. The standard InChI is InChI=1S/C22H30N2O4S/c1-17-7-6-14-24(22(17)25)20(15-23-29(2,26)27)16-28-21-12-10-19(11-13-21)18-8-4-3-5-9-18/h3-9,14,19-21,23H,10-13,15-16H2,1-2H3/t19-,20?,21+. The summed E-state index contributed by atoms with van der Waals surface area (Å²) in [6.07, 6.45) is 7.03. The van der Waals surface area contributed by atoms with Crippen molar-refractivity contribution in [1.82, 2.24) is 9.29 Å². The quantitative estimate of drug-likeness (QED) is 0.715. The molecule has 1 N–H and O–H groups in total. The number of benzene rings is 1. The second kappa shape index (κ2) is 9.69. The summed E-state index contributed by atoms with van der Waals surface area (Å²) in [4.78, 5) is 12.5. The van der Waals surface area contributed by atoms with Crippen molar-refractivity contribution in [2.75, 3.05) is 19.4 Å². The van der Waals surface area contributed by atoms with Crippen LogP contribution in [0, 0.1) is 6.92 Å². The van der Waals surface area contributed by atoms with Gasteiger partial charge in [0.05, 0.1) is 25.0 Å². The molecular formula is C22H30N2O4S. The summed E-state index contributed by atoms with van der Waals surface area (Å²) in [5.41, 5.74) is 1.89. The van der Waals surface area contributed by atoms with Crippen molar-refractivity contribution in [3.8, 4) is 0 Å². The Kier molecular flexibility index (Phi) is 7.27. The van der Waals surface area contributed by atoms with Crippen LogP contribution in [0.25, 0.3) is 0 Å². The molecule has 1 atom stereocenters. The number of nitrogens with zero attached hydrogens (tertiary/aromatic N) is 1. The van der Waals surface area contributed by atoms with E-state index in [-0.39, 0.29) is 24.2 Å². The summed E-state index contributed by atoms with van der Waals surface area (Å²) in [6, 6.07) is 13.7. The molecular weight excluding hydrogens is 388 g/mol. The summed E-state index contributed by atoms with van der Waals surface area (Å²) < 4.78 is 33.4. The molecule has 1 heterocycles. The van der Waals surface area contributed by atoms with E-state index in [1.54, 1.807) is 29.8 Å². The van der Waals surface area contributed by atoms with Crippen LogP contribution in [-0.4, -0.2) is 38.5 Å². The first-order chi connectivity index (χ1) is 13.8. The molecule has 1 aliphatic rings. The van der Waals surface area contributed by atoms with Crippen LogP contribution in [0.1, 0.15) is 48.8 Å². The highest BCUT2D eigenvalue weighted by Gasteiger charge is 2.24. The van der Waals surface area contributed by atoms with E-state index in [2.05, 4.69) is 29.0 Å². The molecule has 0 saturated heterocycles. The van der Waals surface area contributed by atoms with Crippen molar-refractivity contribution in [3.63, 3.8) is 0 Å². The molecule has 1 saturated carbocycles. The van der Waals surface area contributed by atoms with Crippen LogP contribution in [-0.2, 0) is 14.8 Å². The van der Waals surface area contributed by atoms with Crippen LogP contribution in [0.5, 0.6) is 0 Å². The van der Waals surface area contributed by atoms with Crippen LogP contribution in [0.4, 0.5) is 0 Å². The molecule has 0 bridgehead atoms. The number of hydrogen-bond donors (Lipinski definition) is 1. The molecule has 1 aromatic heterocycles. The van der Waals surface area contributed by atoms with Gasteiger partial charge in [-0.1, -0.05) is 36.4 Å². The molecule has 158 valence electrons. The second-order valence-corrected chi connectivity index (χ2v) is 9.73. The molecule has 1 fully saturated rings. The molecule has 2 aromatic rings. The molecule has 6 nitrogen and oxygen atoms in total. The molecule has 1 unspecified atom stereocenters. The van der Waals surface area contributed by atoms with E-state index in [1.807, 2.05) is 6.07 Å². The van der Waals surface area contributed by atoms with Gasteiger partial charge in [-0.05, 0) is 50.2 Å². The summed E-state index contributed by atoms with van der Waals surface area (Å²) >= 11 is 0. The van der Waals surface area contributed by atoms with Crippen molar-refractivity contribution in [2.45, 2.75) is 50.7 Å². The van der Waals surface area contributed by atoms with Crippen LogP contribution in [0.15, 0.2) is 53.5 Å². The molecule has 0 radical (unpaired) electrons. The van der Waals surface area contributed by atoms with E-state index in [4.69, 9.17) is 4.74 Å². The lowest BCUT2D eigenvalue weighted by Gasteiger charge is -2.30. The number of nitrogens with one attached hydrogen (secondary N) is 1. The lowest BCUT2D eigenvalue weighted by molar-refractivity contribution is 0.00734. The maximum absolute atomic E-state index is 12.5. The fourth-order valence-electron chi connectivity index (χ4n) is 3.93. The molecule has 7 heteroatoms. The van der Waals surface area contributed by atoms with Gasteiger partial charge < -0.3 is 9.30 Å². The average molecular weight is 419 g/mol. The predicted octanol–water partition coefficient (Wildman–Crippen LogP) is 2.99. The van der Waals surface area contributed by atoms with Gasteiger partial charge >= 0.3 is 0 Å². The highest BCUT2D eigenvalue weighted by atomic mass is 32.2. The molecule has 0 spiro atoms. The molecule has 29 heavy (non-hydrogen) atoms. The SMILES string of the molecule is Cc1cccn(C(CNS(C)(=O)=O)CO[C@H]2CC[C@@H](c3ccccc3)CC2)c1=O. The third-order valence-electron chi connectivity index (χ3n) is 5.61. The molecule has 3 rings (SSSR count). The van der Waals surface area contributed by atoms with Gasteiger partial charge in [0.25, 0.3) is 5.56 Å². The van der Waals surface area contributed by atoms with Crippen LogP contribution >= 0.6 is 0 Å². The Hall–Kier alpha value is -1.96. The maximum atomic E-state index is 12.5. The lowest BCUT2D eigenvalue weighted by Crippen LogP contribution is -2.38. The topological polar surface area (TPSA) is 77.4 Å². The fourth-order valence-corrected chi connectivity index (χ4v) is 4.43. The zero-order chi connectivity index (χ0) is 20.9. The van der Waals surface area contributed by atoms with Gasteiger partial charge in [-0.3, -0.25) is 4.79 Å². The Labute approximate surface area is 173 Å². The van der Waals surface area contributed by atoms with Crippen LogP contribution in [0.3, 0.4) is 0 Å². The zero-order valence-corrected chi connectivity index (χ0v) is 17.9. The van der Waals surface area contributed by atoms with Crippen LogP contribution in [0.2, 0.25) is 0 Å². The van der Waals surface area contributed by atoms with Gasteiger partial charge in [-0.15, -0.1) is 0 Å². The smallest absolute Gasteiger partial charge is 0.253 e. The minimum absolute atomic E-state index is 0.121. The number of aryl methyl sites for hydroxylation is 1. The van der Waals surface area contributed by atoms with Crippen molar-refractivity contribution >= 4 is 10.0 Å². The third-order valence-corrected chi connectivity index (χ3v) is 6.30. The predicted molar refractivity (Wildman–Crippen MR) is 115 cm³/mol. The van der Waals surface area contributed by atoms with Crippen molar-refractivity contribution in [1.29, 1.82) is 0 Å². The van der Waals surface area contributed by atoms with Crippen molar-refractivity contribution < 1.29 is 13.2 Å². The van der Waals surface area contributed by atoms with E-state index in [0.717, 1.165) is 31.9 Å². The van der Waals surface area contributed by atoms with Gasteiger partial charge in [-0.2, -0.15) is 0 Å². The molecule has 0 aliphatic heterocycles. The minimum atomic E-state index is -3.35. The normalized spacial score (nSPS) is 21.0. The molecule has 0 amide bonds. The summed E-state index contributed by atoms with van der Waals surface area (Å²) in [6.45, 7) is 2.18. The second-order valence-electron chi connectivity index (χ2n) is 7.90. The van der Waals surface area contributed by atoms with Crippen molar-refractivity contribution in [2.24, 2.45) is 0 Å². The third kappa shape index (κ3) is 6.26. The highest BCUT2D eigenvalue weighted by molar-refractivity contribution is 7.88. The summed E-state index contributed by atoms with van der Waals surface area (Å²) in [5.74, 6) is 0.568. The van der Waals surface area contributed by atoms with E-state index in [1.165, 1.54) is 5.56 Å². The Morgan fingerprint density at radius 3 is 2.45 bits per heavy atom. The average Bonchev–Trinajstić information content (AvgIpc) is 2.71. The van der Waals surface area contributed by atoms with Crippen molar-refractivity contribution in [3.05, 3.63) is 70.1 Å². The van der Waals surface area contributed by atoms with Gasteiger partial charge in [0.1, 0.15) is 0 Å². The van der Waals surface area contributed by atoms with E-state index in [0.29, 0.717) is 18.1 Å². The number of rotatable bonds is 8. The fraction of sp³-hybridized carbons (Fsp3) is 0.500. The van der Waals surface area contributed by atoms with E-state index < -0.39 is 10.0 Å². The zero-order valence-electron chi connectivity index (χ0n) is 17.1. The Balaban J connectivity index is 1.61. The minimum Gasteiger partial charge on any atom is -0.376 e. The van der Waals surface area contributed by atoms with E-state index >= 15 is 0 Å². The highest BCUT2D eigenvalue weighted by Crippen LogP contribution is 2.34. The number of hydrogen-bond acceptors (Lipinski definition) is 4. The Bertz CT molecular complexity index is 948. The van der Waals surface area contributed by atoms with Gasteiger partial charge in [0, 0.05) is 18.3 Å². The lowest BCUT2D eigenvalue weighted by atomic mass is 9.83. The van der Waals surface area contributed by atoms with Crippen LogP contribution < -0.4 is 10.3 Å². The maximum Gasteiger partial charge on any atom is 0.253 e. The van der Waals surface area contributed by atoms with Gasteiger partial charge in [0.2, 0.25) is 10.0 Å². The first-order valence-electron chi connectivity index (χ1n) is 10.1. The van der Waals surface area contributed by atoms with Gasteiger partial charge in [0.15, 0.2) is 0 Å². The number of ether oxygens (including phenoxy) is 1. The summed E-state index contributed by atoms with van der Waals surface area (Å²) in [5, 5.41) is 0. The first kappa shape index (κ1) is 21.7. The monoisotopic (exact) mass is 418 g/mol. The van der Waals surface area contributed by atoms with E-state index in [9.17, 15) is 13.2 Å². The van der Waals surface area contributed by atoms with Gasteiger partial charge in [-0.25, -0.2) is 13.1 Å².